The van der Waals surface area contributed by atoms with Crippen molar-refractivity contribution >= 4 is 22.4 Å². The van der Waals surface area contributed by atoms with Crippen molar-refractivity contribution in [2.45, 2.75) is 20.4 Å². The van der Waals surface area contributed by atoms with E-state index in [4.69, 9.17) is 0 Å². The lowest BCUT2D eigenvalue weighted by Crippen LogP contribution is -2.12. The molecule has 3 aromatic carbocycles. The summed E-state index contributed by atoms with van der Waals surface area (Å²) in [4.78, 5) is 12.7. The largest absolute Gasteiger partial charge is 0.321 e. The van der Waals surface area contributed by atoms with Crippen molar-refractivity contribution in [3.05, 3.63) is 95.3 Å². The molecule has 0 saturated heterocycles. The van der Waals surface area contributed by atoms with Gasteiger partial charge in [0.1, 0.15) is 0 Å². The quantitative estimate of drug-likeness (QED) is 0.563. The average molecular weight is 355 g/mol. The number of aryl methyl sites for hydroxylation is 2. The molecular weight excluding hydrogens is 334 g/mol. The van der Waals surface area contributed by atoms with E-state index in [1.54, 1.807) is 0 Å². The Bertz CT molecular complexity index is 1100. The molecule has 0 saturated carbocycles. The van der Waals surface area contributed by atoms with Crippen molar-refractivity contribution in [2.75, 3.05) is 5.32 Å². The van der Waals surface area contributed by atoms with E-state index in [9.17, 15) is 4.79 Å². The fourth-order valence-corrected chi connectivity index (χ4v) is 3.30. The Morgan fingerprint density at radius 2 is 1.70 bits per heavy atom. The number of carbonyl (C=O) groups is 1. The fraction of sp³-hybridized carbons (Fsp3) is 0.130. The van der Waals surface area contributed by atoms with Crippen LogP contribution in [0.1, 0.15) is 27.3 Å². The zero-order chi connectivity index (χ0) is 18.8. The first-order valence-electron chi connectivity index (χ1n) is 8.99. The zero-order valence-electron chi connectivity index (χ0n) is 15.4. The van der Waals surface area contributed by atoms with Gasteiger partial charge in [-0.15, -0.1) is 0 Å². The Morgan fingerprint density at radius 1 is 0.963 bits per heavy atom. The van der Waals surface area contributed by atoms with Gasteiger partial charge in [-0.25, -0.2) is 0 Å². The van der Waals surface area contributed by atoms with E-state index >= 15 is 0 Å². The smallest absolute Gasteiger partial charge is 0.255 e. The number of fused-ring (bicyclic) bond motifs is 1. The van der Waals surface area contributed by atoms with Gasteiger partial charge in [0.2, 0.25) is 0 Å². The lowest BCUT2D eigenvalue weighted by Gasteiger charge is -2.10. The minimum absolute atomic E-state index is 0.107. The highest BCUT2D eigenvalue weighted by Crippen LogP contribution is 2.23. The first-order valence-corrected chi connectivity index (χ1v) is 8.99. The highest BCUT2D eigenvalue weighted by atomic mass is 16.1. The molecule has 0 aliphatic rings. The van der Waals surface area contributed by atoms with Crippen molar-refractivity contribution in [3.8, 4) is 0 Å². The molecule has 0 fully saturated rings. The second-order valence-electron chi connectivity index (χ2n) is 6.76. The summed E-state index contributed by atoms with van der Waals surface area (Å²) in [7, 11) is 0. The van der Waals surface area contributed by atoms with Gasteiger partial charge < -0.3 is 5.32 Å². The van der Waals surface area contributed by atoms with E-state index in [1.165, 1.54) is 0 Å². The van der Waals surface area contributed by atoms with Crippen LogP contribution in [0.2, 0.25) is 0 Å². The van der Waals surface area contributed by atoms with Crippen LogP contribution in [-0.4, -0.2) is 15.7 Å². The van der Waals surface area contributed by atoms with E-state index in [0.29, 0.717) is 12.1 Å². The van der Waals surface area contributed by atoms with Gasteiger partial charge in [-0.2, -0.15) is 5.10 Å². The third-order valence-electron chi connectivity index (χ3n) is 4.69. The number of aromatic nitrogens is 2. The molecule has 0 unspecified atom stereocenters. The van der Waals surface area contributed by atoms with Gasteiger partial charge in [0.15, 0.2) is 0 Å². The van der Waals surface area contributed by atoms with E-state index in [-0.39, 0.29) is 5.91 Å². The normalized spacial score (nSPS) is 10.9. The molecule has 4 nitrogen and oxygen atoms in total. The minimum Gasteiger partial charge on any atom is -0.321 e. The van der Waals surface area contributed by atoms with Crippen LogP contribution in [0, 0.1) is 13.8 Å². The van der Waals surface area contributed by atoms with Gasteiger partial charge >= 0.3 is 0 Å². The van der Waals surface area contributed by atoms with Crippen LogP contribution in [0.4, 0.5) is 5.69 Å². The summed E-state index contributed by atoms with van der Waals surface area (Å²) in [5.74, 6) is -0.107. The highest BCUT2D eigenvalue weighted by molar-refractivity contribution is 6.09. The Labute approximate surface area is 158 Å². The zero-order valence-corrected chi connectivity index (χ0v) is 15.4. The van der Waals surface area contributed by atoms with Crippen LogP contribution < -0.4 is 5.32 Å². The van der Waals surface area contributed by atoms with Gasteiger partial charge in [-0.1, -0.05) is 48.5 Å². The number of hydrogen-bond donors (Lipinski definition) is 1. The molecule has 134 valence electrons. The average Bonchev–Trinajstić information content (AvgIpc) is 2.99. The fourth-order valence-electron chi connectivity index (χ4n) is 3.30. The summed E-state index contributed by atoms with van der Waals surface area (Å²) in [5, 5.41) is 9.66. The predicted octanol–water partition coefficient (Wildman–Crippen LogP) is 4.95. The highest BCUT2D eigenvalue weighted by Gasteiger charge is 2.09. The lowest BCUT2D eigenvalue weighted by molar-refractivity contribution is 0.102. The summed E-state index contributed by atoms with van der Waals surface area (Å²) in [6.07, 6.45) is 0. The van der Waals surface area contributed by atoms with Gasteiger partial charge in [-0.3, -0.25) is 9.48 Å². The van der Waals surface area contributed by atoms with E-state index in [2.05, 4.69) is 16.5 Å². The van der Waals surface area contributed by atoms with Crippen molar-refractivity contribution in [1.29, 1.82) is 0 Å². The van der Waals surface area contributed by atoms with Crippen LogP contribution in [-0.2, 0) is 6.54 Å². The number of nitrogens with one attached hydrogen (secondary N) is 1. The van der Waals surface area contributed by atoms with Crippen LogP contribution >= 0.6 is 0 Å². The summed E-state index contributed by atoms with van der Waals surface area (Å²) in [6, 6.07) is 23.7. The van der Waals surface area contributed by atoms with Gasteiger partial charge in [0, 0.05) is 22.3 Å². The standard InChI is InChI=1S/C23H21N3O/c1-16-14-17(2)26(25-16)15-18-10-12-20(13-11-18)23(27)24-22-9-5-7-19-6-3-4-8-21(19)22/h3-14H,15H2,1-2H3,(H,24,27). The van der Waals surface area contributed by atoms with Gasteiger partial charge in [-0.05, 0) is 49.1 Å². The number of rotatable bonds is 4. The van der Waals surface area contributed by atoms with Crippen LogP contribution in [0.3, 0.4) is 0 Å². The summed E-state index contributed by atoms with van der Waals surface area (Å²) < 4.78 is 1.97. The molecule has 27 heavy (non-hydrogen) atoms. The Kier molecular flexibility index (Phi) is 4.47. The molecule has 1 aromatic heterocycles. The number of amides is 1. The van der Waals surface area contributed by atoms with Gasteiger partial charge in [0.25, 0.3) is 5.91 Å². The number of carbonyl (C=O) groups excluding carboxylic acids is 1. The second-order valence-corrected chi connectivity index (χ2v) is 6.76. The molecular formula is C23H21N3O. The first-order chi connectivity index (χ1) is 13.1. The molecule has 0 spiro atoms. The molecule has 4 aromatic rings. The van der Waals surface area contributed by atoms with Crippen molar-refractivity contribution in [2.24, 2.45) is 0 Å². The van der Waals surface area contributed by atoms with Crippen molar-refractivity contribution in [1.82, 2.24) is 9.78 Å². The number of hydrogen-bond acceptors (Lipinski definition) is 2. The molecule has 4 heteroatoms. The summed E-state index contributed by atoms with van der Waals surface area (Å²) in [6.45, 7) is 4.74. The maximum absolute atomic E-state index is 12.7. The van der Waals surface area contributed by atoms with Gasteiger partial charge in [0.05, 0.1) is 12.2 Å². The van der Waals surface area contributed by atoms with E-state index in [1.807, 2.05) is 85.3 Å². The predicted molar refractivity (Wildman–Crippen MR) is 109 cm³/mol. The topological polar surface area (TPSA) is 46.9 Å². The van der Waals surface area contributed by atoms with Crippen LogP contribution in [0.15, 0.2) is 72.8 Å². The third-order valence-corrected chi connectivity index (χ3v) is 4.69. The second kappa shape index (κ2) is 7.08. The SMILES string of the molecule is Cc1cc(C)n(Cc2ccc(C(=O)Nc3cccc4ccccc34)cc2)n1. The molecule has 0 radical (unpaired) electrons. The van der Waals surface area contributed by atoms with Crippen molar-refractivity contribution < 1.29 is 4.79 Å². The molecule has 0 aliphatic heterocycles. The maximum Gasteiger partial charge on any atom is 0.255 e. The molecule has 0 atom stereocenters. The summed E-state index contributed by atoms with van der Waals surface area (Å²) >= 11 is 0. The first kappa shape index (κ1) is 17.0. The molecule has 1 heterocycles. The van der Waals surface area contributed by atoms with Crippen molar-refractivity contribution in [3.63, 3.8) is 0 Å². The van der Waals surface area contributed by atoms with Crippen LogP contribution in [0.5, 0.6) is 0 Å². The maximum atomic E-state index is 12.7. The molecule has 1 N–H and O–H groups in total. The number of benzene rings is 3. The summed E-state index contributed by atoms with van der Waals surface area (Å²) in [5.41, 5.74) is 4.72. The lowest BCUT2D eigenvalue weighted by atomic mass is 10.1. The van der Waals surface area contributed by atoms with E-state index in [0.717, 1.165) is 33.4 Å². The minimum atomic E-state index is -0.107. The molecule has 4 rings (SSSR count). The Balaban J connectivity index is 1.51. The van der Waals surface area contributed by atoms with Crippen LogP contribution in [0.25, 0.3) is 10.8 Å². The molecule has 1 amide bonds. The molecule has 0 bridgehead atoms. The third kappa shape index (κ3) is 3.60. The Morgan fingerprint density at radius 3 is 2.44 bits per heavy atom. The Hall–Kier alpha value is -3.40. The monoisotopic (exact) mass is 355 g/mol. The molecule has 0 aliphatic carbocycles. The number of anilines is 1. The van der Waals surface area contributed by atoms with E-state index < -0.39 is 0 Å². The number of nitrogens with zero attached hydrogens (tertiary/aromatic N) is 2.